The average molecular weight is 312 g/mol. The first-order valence-corrected chi connectivity index (χ1v) is 9.44. The van der Waals surface area contributed by atoms with Crippen molar-refractivity contribution in [2.24, 2.45) is 5.92 Å². The highest BCUT2D eigenvalue weighted by atomic mass is 32.2. The monoisotopic (exact) mass is 312 g/mol. The summed E-state index contributed by atoms with van der Waals surface area (Å²) in [5.74, 6) is 0.964. The highest BCUT2D eigenvalue weighted by Crippen LogP contribution is 2.14. The van der Waals surface area contributed by atoms with E-state index in [1.165, 1.54) is 12.1 Å². The lowest BCUT2D eigenvalue weighted by Crippen LogP contribution is -2.45. The summed E-state index contributed by atoms with van der Waals surface area (Å²) in [6.45, 7) is 1.73. The molecule has 1 heterocycles. The van der Waals surface area contributed by atoms with Crippen molar-refractivity contribution in [2.45, 2.75) is 4.90 Å². The lowest BCUT2D eigenvalue weighted by Gasteiger charge is -2.26. The Labute approximate surface area is 121 Å². The Hall–Kier alpha value is -1.23. The Kier molecular flexibility index (Phi) is 4.91. The van der Waals surface area contributed by atoms with E-state index in [0.717, 1.165) is 13.1 Å². The number of hydrogen-bond donors (Lipinski definition) is 1. The molecule has 1 unspecified atom stereocenters. The van der Waals surface area contributed by atoms with Crippen molar-refractivity contribution in [3.63, 3.8) is 0 Å². The Morgan fingerprint density at radius 3 is 2.75 bits per heavy atom. The molecule has 20 heavy (non-hydrogen) atoms. The Morgan fingerprint density at radius 2 is 2.15 bits per heavy atom. The fraction of sp³-hybridized carbons (Fsp3) is 0.462. The van der Waals surface area contributed by atoms with Crippen LogP contribution in [0.4, 0.5) is 0 Å². The predicted octanol–water partition coefficient (Wildman–Crippen LogP) is 0.300. The molecule has 1 aliphatic rings. The second kappa shape index (κ2) is 6.48. The van der Waals surface area contributed by atoms with Gasteiger partial charge in [-0.25, -0.2) is 8.42 Å². The van der Waals surface area contributed by atoms with Crippen LogP contribution >= 0.6 is 0 Å². The third-order valence-corrected chi connectivity index (χ3v) is 6.66. The van der Waals surface area contributed by atoms with Crippen molar-refractivity contribution in [2.75, 3.05) is 30.3 Å². The SMILES string of the molecule is N#Cc1cccc(S(=O)(=O)CCS(=O)CC2CNC2)c1. The number of benzene rings is 1. The number of nitriles is 1. The molecule has 108 valence electrons. The molecule has 1 aromatic carbocycles. The summed E-state index contributed by atoms with van der Waals surface area (Å²) in [6.07, 6.45) is 0. The van der Waals surface area contributed by atoms with E-state index in [9.17, 15) is 12.6 Å². The quantitative estimate of drug-likeness (QED) is 0.816. The van der Waals surface area contributed by atoms with Crippen LogP contribution in [0.2, 0.25) is 0 Å². The van der Waals surface area contributed by atoms with Gasteiger partial charge in [0.05, 0.1) is 22.3 Å². The maximum atomic E-state index is 12.1. The molecule has 0 aromatic heterocycles. The van der Waals surface area contributed by atoms with Gasteiger partial charge in [-0.1, -0.05) is 6.07 Å². The normalized spacial score (nSPS) is 17.1. The van der Waals surface area contributed by atoms with Gasteiger partial charge in [0.1, 0.15) is 0 Å². The summed E-state index contributed by atoms with van der Waals surface area (Å²) in [4.78, 5) is 0.124. The average Bonchev–Trinajstić information content (AvgIpc) is 2.41. The van der Waals surface area contributed by atoms with Crippen LogP contribution in [0.5, 0.6) is 0 Å². The van der Waals surface area contributed by atoms with Crippen LogP contribution in [0.25, 0.3) is 0 Å². The van der Waals surface area contributed by atoms with Gasteiger partial charge in [-0.2, -0.15) is 5.26 Å². The number of rotatable bonds is 6. The third-order valence-electron chi connectivity index (χ3n) is 3.19. The molecule has 1 aliphatic heterocycles. The smallest absolute Gasteiger partial charge is 0.179 e. The van der Waals surface area contributed by atoms with E-state index < -0.39 is 20.6 Å². The minimum absolute atomic E-state index is 0.124. The molecule has 0 radical (unpaired) electrons. The topological polar surface area (TPSA) is 87.0 Å². The van der Waals surface area contributed by atoms with Crippen molar-refractivity contribution >= 4 is 20.6 Å². The van der Waals surface area contributed by atoms with Crippen LogP contribution in [0.15, 0.2) is 29.2 Å². The van der Waals surface area contributed by atoms with Crippen LogP contribution < -0.4 is 5.32 Å². The first kappa shape index (κ1) is 15.2. The summed E-state index contributed by atoms with van der Waals surface area (Å²) in [5.41, 5.74) is 0.313. The van der Waals surface area contributed by atoms with Gasteiger partial charge < -0.3 is 5.32 Å². The number of hydrogen-bond acceptors (Lipinski definition) is 5. The first-order chi connectivity index (χ1) is 9.51. The molecular formula is C13H16N2O3S2. The molecule has 1 saturated heterocycles. The summed E-state index contributed by atoms with van der Waals surface area (Å²) < 4.78 is 36.0. The molecule has 1 aromatic rings. The highest BCUT2D eigenvalue weighted by molar-refractivity contribution is 7.93. The van der Waals surface area contributed by atoms with Crippen molar-refractivity contribution in [3.8, 4) is 6.07 Å². The minimum Gasteiger partial charge on any atom is -0.316 e. The second-order valence-corrected chi connectivity index (χ2v) is 8.52. The van der Waals surface area contributed by atoms with Crippen molar-refractivity contribution < 1.29 is 12.6 Å². The number of nitrogens with one attached hydrogen (secondary N) is 1. The fourth-order valence-electron chi connectivity index (χ4n) is 1.89. The minimum atomic E-state index is -3.47. The van der Waals surface area contributed by atoms with Crippen LogP contribution in [-0.4, -0.2) is 43.0 Å². The highest BCUT2D eigenvalue weighted by Gasteiger charge is 2.21. The molecule has 1 atom stereocenters. The van der Waals surface area contributed by atoms with E-state index in [2.05, 4.69) is 5.32 Å². The van der Waals surface area contributed by atoms with E-state index >= 15 is 0 Å². The fourth-order valence-corrected chi connectivity index (χ4v) is 5.27. The van der Waals surface area contributed by atoms with Gasteiger partial charge in [-0.3, -0.25) is 4.21 Å². The molecule has 5 nitrogen and oxygen atoms in total. The predicted molar refractivity (Wildman–Crippen MR) is 77.4 cm³/mol. The maximum Gasteiger partial charge on any atom is 0.179 e. The summed E-state index contributed by atoms with van der Waals surface area (Å²) >= 11 is 0. The summed E-state index contributed by atoms with van der Waals surface area (Å²) in [7, 11) is -4.58. The molecule has 0 amide bonds. The Bertz CT molecular complexity index is 646. The molecular weight excluding hydrogens is 296 g/mol. The van der Waals surface area contributed by atoms with Gasteiger partial charge in [-0.05, 0) is 24.1 Å². The largest absolute Gasteiger partial charge is 0.316 e. The second-order valence-electron chi connectivity index (χ2n) is 4.79. The number of nitrogens with zero attached hydrogens (tertiary/aromatic N) is 1. The van der Waals surface area contributed by atoms with Gasteiger partial charge in [-0.15, -0.1) is 0 Å². The first-order valence-electron chi connectivity index (χ1n) is 6.30. The van der Waals surface area contributed by atoms with Crippen LogP contribution in [0.3, 0.4) is 0 Å². The van der Waals surface area contributed by atoms with E-state index in [-0.39, 0.29) is 16.4 Å². The molecule has 1 fully saturated rings. The van der Waals surface area contributed by atoms with E-state index in [1.54, 1.807) is 12.1 Å². The van der Waals surface area contributed by atoms with Crippen molar-refractivity contribution in [1.29, 1.82) is 5.26 Å². The van der Waals surface area contributed by atoms with Crippen molar-refractivity contribution in [3.05, 3.63) is 29.8 Å². The zero-order chi connectivity index (χ0) is 14.6. The lowest BCUT2D eigenvalue weighted by molar-refractivity contribution is 0.382. The lowest BCUT2D eigenvalue weighted by atomic mass is 10.1. The number of sulfone groups is 1. The maximum absolute atomic E-state index is 12.1. The van der Waals surface area contributed by atoms with Gasteiger partial charge in [0.15, 0.2) is 9.84 Å². The zero-order valence-corrected chi connectivity index (χ0v) is 12.5. The molecule has 1 N–H and O–H groups in total. The third kappa shape index (κ3) is 3.88. The van der Waals surface area contributed by atoms with Crippen molar-refractivity contribution in [1.82, 2.24) is 5.32 Å². The molecule has 7 heteroatoms. The van der Waals surface area contributed by atoms with Crippen LogP contribution in [-0.2, 0) is 20.6 Å². The van der Waals surface area contributed by atoms with E-state index in [1.807, 2.05) is 6.07 Å². The Morgan fingerprint density at radius 1 is 1.40 bits per heavy atom. The molecule has 0 aliphatic carbocycles. The van der Waals surface area contributed by atoms with Gasteiger partial charge in [0, 0.05) is 35.4 Å². The summed E-state index contributed by atoms with van der Waals surface area (Å²) in [6, 6.07) is 7.84. The Balaban J connectivity index is 1.96. The molecule has 0 bridgehead atoms. The molecule has 2 rings (SSSR count). The molecule has 0 spiro atoms. The van der Waals surface area contributed by atoms with E-state index in [0.29, 0.717) is 17.2 Å². The summed E-state index contributed by atoms with van der Waals surface area (Å²) in [5, 5.41) is 11.9. The zero-order valence-electron chi connectivity index (χ0n) is 10.9. The van der Waals surface area contributed by atoms with Gasteiger partial charge >= 0.3 is 0 Å². The van der Waals surface area contributed by atoms with E-state index in [4.69, 9.17) is 5.26 Å². The van der Waals surface area contributed by atoms with Crippen LogP contribution in [0, 0.1) is 17.2 Å². The molecule has 0 saturated carbocycles. The standard InChI is InChI=1S/C13H16N2O3S2/c14-7-11-2-1-3-13(6-11)20(17,18)5-4-19(16)10-12-8-15-9-12/h1-3,6,12,15H,4-5,8-10H2. The van der Waals surface area contributed by atoms with Gasteiger partial charge in [0.2, 0.25) is 0 Å². The van der Waals surface area contributed by atoms with Gasteiger partial charge in [0.25, 0.3) is 0 Å². The van der Waals surface area contributed by atoms with Crippen LogP contribution in [0.1, 0.15) is 5.56 Å².